The number of hydrogen-bond donors (Lipinski definition) is 0. The zero-order chi connectivity index (χ0) is 24.0. The highest BCUT2D eigenvalue weighted by Gasteiger charge is 2.38. The highest BCUT2D eigenvalue weighted by atomic mass is 32.2. The van der Waals surface area contributed by atoms with Crippen molar-refractivity contribution in [1.82, 2.24) is 18.8 Å². The predicted octanol–water partition coefficient (Wildman–Crippen LogP) is 3.55. The first kappa shape index (κ1) is 25.3. The van der Waals surface area contributed by atoms with Gasteiger partial charge in [0.05, 0.1) is 6.54 Å². The lowest BCUT2D eigenvalue weighted by Gasteiger charge is -2.30. The molecule has 3 aromatic rings. The summed E-state index contributed by atoms with van der Waals surface area (Å²) in [5, 5.41) is 4.64. The lowest BCUT2D eigenvalue weighted by atomic mass is 9.48. The molecule has 1 aromatic heterocycles. The smallest absolute Gasteiger partial charge is 0.242 e. The molecule has 0 N–H and O–H groups in total. The minimum Gasteiger partial charge on any atom is -0.308 e. The van der Waals surface area contributed by atoms with E-state index in [1.165, 1.54) is 0 Å². The Labute approximate surface area is 199 Å². The van der Waals surface area contributed by atoms with E-state index in [0.717, 1.165) is 23.4 Å². The molecule has 3 rings (SSSR count). The summed E-state index contributed by atoms with van der Waals surface area (Å²) in [5.41, 5.74) is 3.08. The standard InChI is InChI=1S/C24H34B2N4O2S/c1-21-18-24(27-29(21)17-16-28(4)5)33(31,32)30(25(2)19-22-12-8-6-9-13-22)26(3)20-23-14-10-7-11-15-23/h6-15,18H,16-17,19-20H2,1-5H3. The van der Waals surface area contributed by atoms with E-state index in [4.69, 9.17) is 0 Å². The summed E-state index contributed by atoms with van der Waals surface area (Å²) in [6.45, 7) is 6.89. The zero-order valence-electron chi connectivity index (χ0n) is 20.3. The first-order valence-corrected chi connectivity index (χ1v) is 12.9. The van der Waals surface area contributed by atoms with Crippen LogP contribution in [0.15, 0.2) is 71.8 Å². The second kappa shape index (κ2) is 11.2. The first-order chi connectivity index (χ1) is 15.7. The molecular formula is C24H34B2N4O2S. The number of aromatic nitrogens is 2. The van der Waals surface area contributed by atoms with Crippen molar-refractivity contribution < 1.29 is 8.42 Å². The average Bonchev–Trinajstić information content (AvgIpc) is 3.15. The number of rotatable bonds is 11. The van der Waals surface area contributed by atoms with Crippen LogP contribution in [0, 0.1) is 6.92 Å². The molecule has 0 radical (unpaired) electrons. The summed E-state index contributed by atoms with van der Waals surface area (Å²) in [7, 11) is 0.197. The molecule has 0 spiro atoms. The normalized spacial score (nSPS) is 11.8. The van der Waals surface area contributed by atoms with Crippen LogP contribution in [0.25, 0.3) is 0 Å². The highest BCUT2D eigenvalue weighted by Crippen LogP contribution is 2.22. The summed E-state index contributed by atoms with van der Waals surface area (Å²) in [6, 6.07) is 21.8. The van der Waals surface area contributed by atoms with Crippen molar-refractivity contribution in [3.8, 4) is 0 Å². The van der Waals surface area contributed by atoms with Crippen molar-refractivity contribution in [3.63, 3.8) is 0 Å². The monoisotopic (exact) mass is 464 g/mol. The van der Waals surface area contributed by atoms with E-state index in [-0.39, 0.29) is 18.7 Å². The molecule has 0 saturated carbocycles. The van der Waals surface area contributed by atoms with Crippen molar-refractivity contribution in [2.75, 3.05) is 20.6 Å². The summed E-state index contributed by atoms with van der Waals surface area (Å²) < 4.78 is 31.3. The molecular weight excluding hydrogens is 430 g/mol. The third-order valence-corrected chi connectivity index (χ3v) is 7.88. The molecule has 0 aliphatic carbocycles. The molecule has 174 valence electrons. The predicted molar refractivity (Wildman–Crippen MR) is 138 cm³/mol. The van der Waals surface area contributed by atoms with Crippen molar-refractivity contribution in [2.24, 2.45) is 0 Å². The number of likely N-dealkylation sites (N-methyl/N-ethyl adjacent to an activating group) is 1. The fraction of sp³-hybridized carbons (Fsp3) is 0.375. The van der Waals surface area contributed by atoms with Gasteiger partial charge in [0.25, 0.3) is 0 Å². The number of nitrogens with zero attached hydrogens (tertiary/aromatic N) is 4. The molecule has 9 heteroatoms. The van der Waals surface area contributed by atoms with E-state index < -0.39 is 10.0 Å². The van der Waals surface area contributed by atoms with Gasteiger partial charge in [0.2, 0.25) is 23.7 Å². The van der Waals surface area contributed by atoms with E-state index in [0.29, 0.717) is 19.2 Å². The van der Waals surface area contributed by atoms with Gasteiger partial charge in [-0.05, 0) is 39.7 Å². The van der Waals surface area contributed by atoms with Gasteiger partial charge < -0.3 is 4.90 Å². The summed E-state index contributed by atoms with van der Waals surface area (Å²) >= 11 is 0. The van der Waals surface area contributed by atoms with Gasteiger partial charge in [-0.15, -0.1) is 0 Å². The van der Waals surface area contributed by atoms with Gasteiger partial charge in [-0.3, -0.25) is 8.81 Å². The molecule has 0 bridgehead atoms. The van der Waals surface area contributed by atoms with Gasteiger partial charge in [0.15, 0.2) is 5.03 Å². The van der Waals surface area contributed by atoms with Crippen LogP contribution in [0.4, 0.5) is 0 Å². The summed E-state index contributed by atoms with van der Waals surface area (Å²) in [6.07, 6.45) is 1.28. The lowest BCUT2D eigenvalue weighted by molar-refractivity contribution is 0.369. The maximum Gasteiger partial charge on any atom is 0.242 e. The Morgan fingerprint density at radius 1 is 0.879 bits per heavy atom. The quantitative estimate of drug-likeness (QED) is 0.408. The Kier molecular flexibility index (Phi) is 8.57. The van der Waals surface area contributed by atoms with Crippen molar-refractivity contribution in [2.45, 2.75) is 44.8 Å². The second-order valence-electron chi connectivity index (χ2n) is 9.06. The molecule has 2 aromatic carbocycles. The molecule has 0 aliphatic heterocycles. The van der Waals surface area contributed by atoms with Gasteiger partial charge in [-0.2, -0.15) is 5.10 Å². The second-order valence-corrected chi connectivity index (χ2v) is 10.9. The largest absolute Gasteiger partial charge is 0.308 e. The Bertz CT molecular complexity index is 1070. The van der Waals surface area contributed by atoms with Crippen molar-refractivity contribution in [3.05, 3.63) is 83.6 Å². The molecule has 0 unspecified atom stereocenters. The Balaban J connectivity index is 1.93. The van der Waals surface area contributed by atoms with Crippen molar-refractivity contribution >= 4 is 23.7 Å². The lowest BCUT2D eigenvalue weighted by Crippen LogP contribution is -2.52. The van der Waals surface area contributed by atoms with Crippen LogP contribution in [0.2, 0.25) is 13.6 Å². The minimum absolute atomic E-state index is 0.124. The highest BCUT2D eigenvalue weighted by molar-refractivity contribution is 7.91. The molecule has 1 heterocycles. The van der Waals surface area contributed by atoms with Crippen LogP contribution >= 0.6 is 0 Å². The maximum atomic E-state index is 13.9. The molecule has 0 amide bonds. The zero-order valence-corrected chi connectivity index (χ0v) is 21.2. The molecule has 0 atom stereocenters. The molecule has 0 saturated heterocycles. The fourth-order valence-electron chi connectivity index (χ4n) is 4.23. The van der Waals surface area contributed by atoms with Crippen molar-refractivity contribution in [1.29, 1.82) is 0 Å². The topological polar surface area (TPSA) is 58.4 Å². The Hall–Kier alpha value is -2.35. The summed E-state index contributed by atoms with van der Waals surface area (Å²) in [4.78, 5) is 2.06. The van der Waals surface area contributed by atoms with E-state index in [2.05, 4.69) is 10.00 Å². The van der Waals surface area contributed by atoms with Gasteiger partial charge >= 0.3 is 0 Å². The van der Waals surface area contributed by atoms with Gasteiger partial charge in [-0.1, -0.05) is 85.4 Å². The van der Waals surface area contributed by atoms with Crippen LogP contribution in [-0.2, 0) is 29.2 Å². The van der Waals surface area contributed by atoms with E-state index >= 15 is 0 Å². The first-order valence-electron chi connectivity index (χ1n) is 11.5. The maximum absolute atomic E-state index is 13.9. The van der Waals surface area contributed by atoms with Gasteiger partial charge in [0.1, 0.15) is 0 Å². The van der Waals surface area contributed by atoms with E-state index in [1.807, 2.05) is 95.3 Å². The van der Waals surface area contributed by atoms with Crippen LogP contribution in [0.5, 0.6) is 0 Å². The third kappa shape index (κ3) is 6.59. The number of benzene rings is 2. The van der Waals surface area contributed by atoms with Crippen LogP contribution in [0.1, 0.15) is 16.8 Å². The minimum atomic E-state index is -3.79. The van der Waals surface area contributed by atoms with Gasteiger partial charge in [-0.25, -0.2) is 8.42 Å². The molecule has 33 heavy (non-hydrogen) atoms. The third-order valence-electron chi connectivity index (χ3n) is 5.88. The van der Waals surface area contributed by atoms with Gasteiger partial charge in [0, 0.05) is 12.2 Å². The van der Waals surface area contributed by atoms with Crippen LogP contribution in [0.3, 0.4) is 0 Å². The SMILES string of the molecule is CB(Cc1ccccc1)N(B(C)Cc1ccccc1)S(=O)(=O)c1cc(C)n(CCN(C)C)n1. The fourth-order valence-corrected chi connectivity index (χ4v) is 6.07. The number of sulfonamides is 1. The van der Waals surface area contributed by atoms with E-state index in [1.54, 1.807) is 14.9 Å². The van der Waals surface area contributed by atoms with E-state index in [9.17, 15) is 8.42 Å². The van der Waals surface area contributed by atoms with Crippen LogP contribution < -0.4 is 0 Å². The molecule has 0 fully saturated rings. The Morgan fingerprint density at radius 3 is 1.82 bits per heavy atom. The average molecular weight is 464 g/mol. The summed E-state index contributed by atoms with van der Waals surface area (Å²) in [5.74, 6) is 0. The molecule has 6 nitrogen and oxygen atoms in total. The number of aryl methyl sites for hydroxylation is 1. The number of hydrogen-bond acceptors (Lipinski definition) is 4. The molecule has 0 aliphatic rings. The Morgan fingerprint density at radius 2 is 1.36 bits per heavy atom. The van der Waals surface area contributed by atoms with Crippen LogP contribution in [-0.4, -0.2) is 61.6 Å².